The number of carboxylic acids is 1. The average molecular weight is 186 g/mol. The van der Waals surface area contributed by atoms with Crippen molar-refractivity contribution < 1.29 is 9.90 Å². The molecule has 1 aromatic rings. The fourth-order valence-electron chi connectivity index (χ4n) is 0.676. The summed E-state index contributed by atoms with van der Waals surface area (Å²) in [6.07, 6.45) is 1.38. The zero-order valence-corrected chi connectivity index (χ0v) is 7.76. The molecular formula is C7H10N2O2S. The molecule has 0 saturated carbocycles. The minimum absolute atomic E-state index is 0.283. The Morgan fingerprint density at radius 1 is 1.83 bits per heavy atom. The summed E-state index contributed by atoms with van der Waals surface area (Å²) in [5, 5.41) is 9.35. The Morgan fingerprint density at radius 2 is 2.50 bits per heavy atom. The third kappa shape index (κ3) is 1.73. The van der Waals surface area contributed by atoms with Crippen LogP contribution in [0.25, 0.3) is 0 Å². The zero-order valence-electron chi connectivity index (χ0n) is 6.94. The molecule has 12 heavy (non-hydrogen) atoms. The summed E-state index contributed by atoms with van der Waals surface area (Å²) in [5.41, 5.74) is 0. The van der Waals surface area contributed by atoms with Gasteiger partial charge >= 0.3 is 5.97 Å². The highest BCUT2D eigenvalue weighted by Gasteiger charge is 2.09. The Hall–Kier alpha value is -1.10. The Labute approximate surface area is 74.5 Å². The number of thiazole rings is 1. The van der Waals surface area contributed by atoms with E-state index in [1.807, 2.05) is 18.9 Å². The van der Waals surface area contributed by atoms with Gasteiger partial charge in [0.2, 0.25) is 0 Å². The first-order valence-electron chi connectivity index (χ1n) is 3.55. The van der Waals surface area contributed by atoms with Crippen molar-refractivity contribution in [2.75, 3.05) is 18.5 Å². The van der Waals surface area contributed by atoms with E-state index in [-0.39, 0.29) is 4.88 Å². The lowest BCUT2D eigenvalue weighted by Crippen LogP contribution is -2.14. The Kier molecular flexibility index (Phi) is 2.65. The second-order valence-electron chi connectivity index (χ2n) is 2.33. The molecule has 0 aliphatic carbocycles. The molecule has 0 bridgehead atoms. The van der Waals surface area contributed by atoms with Crippen LogP contribution >= 0.6 is 11.3 Å². The third-order valence-corrected chi connectivity index (χ3v) is 2.60. The van der Waals surface area contributed by atoms with Crippen LogP contribution < -0.4 is 4.90 Å². The predicted octanol–water partition coefficient (Wildman–Crippen LogP) is 1.30. The molecule has 0 aliphatic rings. The summed E-state index contributed by atoms with van der Waals surface area (Å²) < 4.78 is 0. The van der Waals surface area contributed by atoms with Crippen molar-refractivity contribution in [2.24, 2.45) is 0 Å². The first kappa shape index (κ1) is 8.99. The van der Waals surface area contributed by atoms with Crippen molar-refractivity contribution in [3.05, 3.63) is 11.1 Å². The number of aromatic nitrogens is 1. The van der Waals surface area contributed by atoms with E-state index in [0.29, 0.717) is 0 Å². The SMILES string of the molecule is CCN(C)c1ncc(C(=O)O)s1. The van der Waals surface area contributed by atoms with Gasteiger partial charge in [0, 0.05) is 13.6 Å². The number of hydrogen-bond donors (Lipinski definition) is 1. The number of nitrogens with zero attached hydrogens (tertiary/aromatic N) is 2. The molecule has 0 radical (unpaired) electrons. The van der Waals surface area contributed by atoms with Gasteiger partial charge in [-0.25, -0.2) is 9.78 Å². The summed E-state index contributed by atoms with van der Waals surface area (Å²) in [5.74, 6) is -0.914. The lowest BCUT2D eigenvalue weighted by molar-refractivity contribution is 0.0702. The summed E-state index contributed by atoms with van der Waals surface area (Å²) in [6.45, 7) is 2.81. The molecule has 0 saturated heterocycles. The molecular weight excluding hydrogens is 176 g/mol. The monoisotopic (exact) mass is 186 g/mol. The van der Waals surface area contributed by atoms with E-state index < -0.39 is 5.97 Å². The minimum atomic E-state index is -0.914. The molecule has 0 unspecified atom stereocenters. The standard InChI is InChI=1S/C7H10N2O2S/c1-3-9(2)7-8-4-5(12-7)6(10)11/h4H,3H2,1-2H3,(H,10,11). The summed E-state index contributed by atoms with van der Waals surface area (Å²) in [7, 11) is 1.88. The van der Waals surface area contributed by atoms with Gasteiger partial charge in [-0.05, 0) is 6.92 Å². The number of carbonyl (C=O) groups is 1. The van der Waals surface area contributed by atoms with Gasteiger partial charge in [0.05, 0.1) is 6.20 Å². The van der Waals surface area contributed by atoms with E-state index in [4.69, 9.17) is 5.11 Å². The second-order valence-corrected chi connectivity index (χ2v) is 3.34. The van der Waals surface area contributed by atoms with Crippen LogP contribution in [-0.2, 0) is 0 Å². The number of rotatable bonds is 3. The van der Waals surface area contributed by atoms with Crippen LogP contribution in [0.3, 0.4) is 0 Å². The van der Waals surface area contributed by atoms with Gasteiger partial charge in [0.25, 0.3) is 0 Å². The van der Waals surface area contributed by atoms with Crippen LogP contribution in [0.4, 0.5) is 5.13 Å². The molecule has 1 heterocycles. The third-order valence-electron chi connectivity index (χ3n) is 1.51. The van der Waals surface area contributed by atoms with Crippen molar-refractivity contribution in [2.45, 2.75) is 6.92 Å². The first-order valence-corrected chi connectivity index (χ1v) is 4.37. The van der Waals surface area contributed by atoms with Crippen LogP contribution in [0.5, 0.6) is 0 Å². The molecule has 4 nitrogen and oxygen atoms in total. The number of hydrogen-bond acceptors (Lipinski definition) is 4. The maximum Gasteiger partial charge on any atom is 0.347 e. The van der Waals surface area contributed by atoms with Crippen molar-refractivity contribution in [3.63, 3.8) is 0 Å². The van der Waals surface area contributed by atoms with Gasteiger partial charge < -0.3 is 10.0 Å². The smallest absolute Gasteiger partial charge is 0.347 e. The van der Waals surface area contributed by atoms with Crippen LogP contribution in [0.1, 0.15) is 16.6 Å². The Morgan fingerprint density at radius 3 is 2.92 bits per heavy atom. The molecule has 0 spiro atoms. The lowest BCUT2D eigenvalue weighted by atomic mass is 10.6. The fraction of sp³-hybridized carbons (Fsp3) is 0.429. The van der Waals surface area contributed by atoms with Crippen LogP contribution in [0, 0.1) is 0 Å². The highest BCUT2D eigenvalue weighted by atomic mass is 32.1. The Bertz CT molecular complexity index is 285. The highest BCUT2D eigenvalue weighted by Crippen LogP contribution is 2.20. The van der Waals surface area contributed by atoms with Crippen LogP contribution in [0.2, 0.25) is 0 Å². The average Bonchev–Trinajstić information content (AvgIpc) is 2.51. The van der Waals surface area contributed by atoms with Crippen molar-refractivity contribution in [3.8, 4) is 0 Å². The van der Waals surface area contributed by atoms with Crippen molar-refractivity contribution >= 4 is 22.4 Å². The normalized spacial score (nSPS) is 9.83. The summed E-state index contributed by atoms with van der Waals surface area (Å²) in [6, 6.07) is 0. The van der Waals surface area contributed by atoms with Crippen LogP contribution in [-0.4, -0.2) is 29.7 Å². The van der Waals surface area contributed by atoms with E-state index in [2.05, 4.69) is 4.98 Å². The molecule has 66 valence electrons. The molecule has 0 aromatic carbocycles. The number of carboxylic acid groups (broad SMARTS) is 1. The predicted molar refractivity (Wildman–Crippen MR) is 48.0 cm³/mol. The van der Waals surface area contributed by atoms with E-state index in [0.717, 1.165) is 11.7 Å². The van der Waals surface area contributed by atoms with Gasteiger partial charge in [0.15, 0.2) is 5.13 Å². The van der Waals surface area contributed by atoms with E-state index in [1.165, 1.54) is 17.5 Å². The molecule has 0 aliphatic heterocycles. The molecule has 1 aromatic heterocycles. The van der Waals surface area contributed by atoms with E-state index >= 15 is 0 Å². The maximum absolute atomic E-state index is 10.5. The fourth-order valence-corrected chi connectivity index (χ4v) is 1.46. The maximum atomic E-state index is 10.5. The molecule has 0 fully saturated rings. The quantitative estimate of drug-likeness (QED) is 0.773. The minimum Gasteiger partial charge on any atom is -0.477 e. The highest BCUT2D eigenvalue weighted by molar-refractivity contribution is 7.17. The molecule has 0 amide bonds. The van der Waals surface area contributed by atoms with Crippen molar-refractivity contribution in [1.82, 2.24) is 4.98 Å². The molecule has 1 N–H and O–H groups in total. The largest absolute Gasteiger partial charge is 0.477 e. The Balaban J connectivity index is 2.84. The van der Waals surface area contributed by atoms with E-state index in [9.17, 15) is 4.79 Å². The van der Waals surface area contributed by atoms with Gasteiger partial charge in [0.1, 0.15) is 4.88 Å². The van der Waals surface area contributed by atoms with E-state index in [1.54, 1.807) is 0 Å². The van der Waals surface area contributed by atoms with Gasteiger partial charge in [-0.2, -0.15) is 0 Å². The molecule has 0 atom stereocenters. The molecule has 5 heteroatoms. The topological polar surface area (TPSA) is 53.4 Å². The first-order chi connectivity index (χ1) is 5.65. The molecule has 1 rings (SSSR count). The van der Waals surface area contributed by atoms with Gasteiger partial charge in [-0.15, -0.1) is 0 Å². The lowest BCUT2D eigenvalue weighted by Gasteiger charge is -2.10. The zero-order chi connectivity index (χ0) is 9.14. The van der Waals surface area contributed by atoms with Crippen molar-refractivity contribution in [1.29, 1.82) is 0 Å². The van der Waals surface area contributed by atoms with Crippen LogP contribution in [0.15, 0.2) is 6.20 Å². The number of aromatic carboxylic acids is 1. The summed E-state index contributed by atoms with van der Waals surface area (Å²) in [4.78, 5) is 16.6. The summed E-state index contributed by atoms with van der Waals surface area (Å²) >= 11 is 1.19. The van der Waals surface area contributed by atoms with Gasteiger partial charge in [-0.3, -0.25) is 0 Å². The number of anilines is 1. The van der Waals surface area contributed by atoms with Gasteiger partial charge in [-0.1, -0.05) is 11.3 Å². The second kappa shape index (κ2) is 3.53.